The number of ether oxygens (including phenoxy) is 1. The van der Waals surface area contributed by atoms with Crippen LogP contribution in [0.25, 0.3) is 0 Å². The SMILES string of the molecule is COc1ccc(S(=O)(=O)N[C@H](C(=O)NCCN(C(C)C)C(C)C)C(C)C)cc1. The zero-order valence-corrected chi connectivity index (χ0v) is 18.8. The van der Waals surface area contributed by atoms with Gasteiger partial charge in [0, 0.05) is 25.2 Å². The van der Waals surface area contributed by atoms with Gasteiger partial charge in [-0.1, -0.05) is 13.8 Å². The fraction of sp³-hybridized carbons (Fsp3) is 0.650. The molecule has 0 aliphatic heterocycles. The summed E-state index contributed by atoms with van der Waals surface area (Å²) in [7, 11) is -2.31. The highest BCUT2D eigenvalue weighted by molar-refractivity contribution is 7.89. The van der Waals surface area contributed by atoms with E-state index in [4.69, 9.17) is 4.74 Å². The summed E-state index contributed by atoms with van der Waals surface area (Å²) in [4.78, 5) is 15.0. The minimum Gasteiger partial charge on any atom is -0.497 e. The van der Waals surface area contributed by atoms with Gasteiger partial charge in [-0.05, 0) is 57.9 Å². The Morgan fingerprint density at radius 2 is 1.57 bits per heavy atom. The normalized spacial score (nSPS) is 13.4. The van der Waals surface area contributed by atoms with E-state index >= 15 is 0 Å². The summed E-state index contributed by atoms with van der Waals surface area (Å²) in [5, 5.41) is 2.87. The Labute approximate surface area is 169 Å². The lowest BCUT2D eigenvalue weighted by Crippen LogP contribution is -2.51. The third-order valence-corrected chi connectivity index (χ3v) is 6.05. The second-order valence-corrected chi connectivity index (χ2v) is 9.45. The van der Waals surface area contributed by atoms with Gasteiger partial charge in [-0.25, -0.2) is 8.42 Å². The Balaban J connectivity index is 2.79. The smallest absolute Gasteiger partial charge is 0.241 e. The molecule has 160 valence electrons. The van der Waals surface area contributed by atoms with Crippen molar-refractivity contribution in [3.63, 3.8) is 0 Å². The second kappa shape index (κ2) is 10.8. The first kappa shape index (κ1) is 24.4. The van der Waals surface area contributed by atoms with E-state index in [1.54, 1.807) is 12.1 Å². The van der Waals surface area contributed by atoms with Crippen molar-refractivity contribution in [3.8, 4) is 5.75 Å². The lowest BCUT2D eigenvalue weighted by Gasteiger charge is -2.31. The molecule has 8 heteroatoms. The number of carbonyl (C=O) groups is 1. The maximum atomic E-state index is 12.7. The molecular weight excluding hydrogens is 378 g/mol. The van der Waals surface area contributed by atoms with Crippen LogP contribution in [0.2, 0.25) is 0 Å². The van der Waals surface area contributed by atoms with Gasteiger partial charge in [-0.15, -0.1) is 0 Å². The van der Waals surface area contributed by atoms with Gasteiger partial charge in [0.1, 0.15) is 11.8 Å². The van der Waals surface area contributed by atoms with Crippen LogP contribution in [0.4, 0.5) is 0 Å². The standard InChI is InChI=1S/C20H35N3O4S/c1-14(2)19(20(24)21-12-13-23(15(3)4)16(5)6)22-28(25,26)18-10-8-17(27-7)9-11-18/h8-11,14-16,19,22H,12-13H2,1-7H3,(H,21,24)/t19-/m0/s1. The van der Waals surface area contributed by atoms with Crippen LogP contribution in [0, 0.1) is 5.92 Å². The van der Waals surface area contributed by atoms with E-state index in [9.17, 15) is 13.2 Å². The van der Waals surface area contributed by atoms with Gasteiger partial charge in [0.05, 0.1) is 12.0 Å². The van der Waals surface area contributed by atoms with E-state index in [0.29, 0.717) is 30.9 Å². The first-order valence-corrected chi connectivity index (χ1v) is 11.2. The molecule has 1 rings (SSSR count). The Kier molecular flexibility index (Phi) is 9.39. The average Bonchev–Trinajstić information content (AvgIpc) is 2.62. The van der Waals surface area contributed by atoms with Gasteiger partial charge in [0.2, 0.25) is 15.9 Å². The summed E-state index contributed by atoms with van der Waals surface area (Å²) < 4.78 is 32.9. The van der Waals surface area contributed by atoms with Crippen LogP contribution in [0.15, 0.2) is 29.2 Å². The predicted molar refractivity (Wildman–Crippen MR) is 112 cm³/mol. The molecule has 0 aliphatic rings. The van der Waals surface area contributed by atoms with Crippen molar-refractivity contribution in [3.05, 3.63) is 24.3 Å². The third kappa shape index (κ3) is 7.07. The molecular formula is C20H35N3O4S. The quantitative estimate of drug-likeness (QED) is 0.581. The van der Waals surface area contributed by atoms with Crippen LogP contribution in [0.3, 0.4) is 0 Å². The molecule has 1 atom stereocenters. The molecule has 1 aromatic rings. The minimum atomic E-state index is -3.82. The van der Waals surface area contributed by atoms with E-state index in [2.05, 4.69) is 42.6 Å². The number of rotatable bonds is 11. The summed E-state index contributed by atoms with van der Waals surface area (Å²) in [6, 6.07) is 5.95. The van der Waals surface area contributed by atoms with Crippen LogP contribution in [-0.4, -0.2) is 57.5 Å². The summed E-state index contributed by atoms with van der Waals surface area (Å²) in [5.74, 6) is 0.0517. The van der Waals surface area contributed by atoms with Gasteiger partial charge in [-0.2, -0.15) is 4.72 Å². The highest BCUT2D eigenvalue weighted by atomic mass is 32.2. The number of nitrogens with zero attached hydrogens (tertiary/aromatic N) is 1. The topological polar surface area (TPSA) is 87.7 Å². The minimum absolute atomic E-state index is 0.0949. The van der Waals surface area contributed by atoms with Crippen LogP contribution in [-0.2, 0) is 14.8 Å². The molecule has 0 radical (unpaired) electrons. The zero-order valence-electron chi connectivity index (χ0n) is 18.0. The van der Waals surface area contributed by atoms with Crippen molar-refractivity contribution in [2.75, 3.05) is 20.2 Å². The Bertz CT molecular complexity index is 707. The molecule has 28 heavy (non-hydrogen) atoms. The number of nitrogens with one attached hydrogen (secondary N) is 2. The highest BCUT2D eigenvalue weighted by Gasteiger charge is 2.28. The summed E-state index contributed by atoms with van der Waals surface area (Å²) in [6.45, 7) is 13.2. The summed E-state index contributed by atoms with van der Waals surface area (Å²) in [5.41, 5.74) is 0. The van der Waals surface area contributed by atoms with E-state index < -0.39 is 16.1 Å². The molecule has 0 saturated carbocycles. The first-order chi connectivity index (χ1) is 13.0. The van der Waals surface area contributed by atoms with Crippen molar-refractivity contribution < 1.29 is 17.9 Å². The predicted octanol–water partition coefficient (Wildman–Crippen LogP) is 2.23. The van der Waals surface area contributed by atoms with Crippen LogP contribution in [0.5, 0.6) is 5.75 Å². The maximum absolute atomic E-state index is 12.7. The summed E-state index contributed by atoms with van der Waals surface area (Å²) in [6.07, 6.45) is 0. The van der Waals surface area contributed by atoms with E-state index in [-0.39, 0.29) is 16.7 Å². The van der Waals surface area contributed by atoms with Gasteiger partial charge in [-0.3, -0.25) is 9.69 Å². The first-order valence-electron chi connectivity index (χ1n) is 9.69. The zero-order chi connectivity index (χ0) is 21.5. The Morgan fingerprint density at radius 3 is 2.00 bits per heavy atom. The van der Waals surface area contributed by atoms with Crippen LogP contribution >= 0.6 is 0 Å². The van der Waals surface area contributed by atoms with Crippen molar-refractivity contribution in [1.29, 1.82) is 0 Å². The number of amides is 1. The Morgan fingerprint density at radius 1 is 1.04 bits per heavy atom. The lowest BCUT2D eigenvalue weighted by molar-refractivity contribution is -0.123. The lowest BCUT2D eigenvalue weighted by atomic mass is 10.1. The number of methoxy groups -OCH3 is 1. The number of hydrogen-bond acceptors (Lipinski definition) is 5. The van der Waals surface area contributed by atoms with E-state index in [1.807, 2.05) is 13.8 Å². The molecule has 0 unspecified atom stereocenters. The molecule has 0 spiro atoms. The fourth-order valence-electron chi connectivity index (χ4n) is 3.01. The third-order valence-electron chi connectivity index (χ3n) is 4.60. The van der Waals surface area contributed by atoms with Crippen molar-refractivity contribution >= 4 is 15.9 Å². The van der Waals surface area contributed by atoms with Crippen LogP contribution in [0.1, 0.15) is 41.5 Å². The average molecular weight is 414 g/mol. The largest absolute Gasteiger partial charge is 0.497 e. The molecule has 0 saturated heterocycles. The summed E-state index contributed by atoms with van der Waals surface area (Å²) >= 11 is 0. The van der Waals surface area contributed by atoms with Crippen LogP contribution < -0.4 is 14.8 Å². The molecule has 0 aromatic heterocycles. The molecule has 0 fully saturated rings. The Hall–Kier alpha value is -1.64. The number of carbonyl (C=O) groups excluding carboxylic acids is 1. The monoisotopic (exact) mass is 413 g/mol. The molecule has 1 aromatic carbocycles. The van der Waals surface area contributed by atoms with Crippen molar-refractivity contribution in [2.24, 2.45) is 5.92 Å². The molecule has 0 aliphatic carbocycles. The van der Waals surface area contributed by atoms with Crippen molar-refractivity contribution in [2.45, 2.75) is 64.6 Å². The number of benzene rings is 1. The van der Waals surface area contributed by atoms with Gasteiger partial charge in [0.15, 0.2) is 0 Å². The van der Waals surface area contributed by atoms with E-state index in [0.717, 1.165) is 0 Å². The maximum Gasteiger partial charge on any atom is 0.241 e. The number of sulfonamides is 1. The highest BCUT2D eigenvalue weighted by Crippen LogP contribution is 2.16. The van der Waals surface area contributed by atoms with Crippen molar-refractivity contribution in [1.82, 2.24) is 14.9 Å². The molecule has 2 N–H and O–H groups in total. The van der Waals surface area contributed by atoms with Gasteiger partial charge >= 0.3 is 0 Å². The van der Waals surface area contributed by atoms with Gasteiger partial charge in [0.25, 0.3) is 0 Å². The molecule has 7 nitrogen and oxygen atoms in total. The molecule has 1 amide bonds. The molecule has 0 heterocycles. The second-order valence-electron chi connectivity index (χ2n) is 7.73. The van der Waals surface area contributed by atoms with E-state index in [1.165, 1.54) is 19.2 Å². The molecule has 0 bridgehead atoms. The van der Waals surface area contributed by atoms with Gasteiger partial charge < -0.3 is 10.1 Å². The number of hydrogen-bond donors (Lipinski definition) is 2. The fourth-order valence-corrected chi connectivity index (χ4v) is 4.36.